The van der Waals surface area contributed by atoms with Gasteiger partial charge < -0.3 is 20.3 Å². The Labute approximate surface area is 253 Å². The summed E-state index contributed by atoms with van der Waals surface area (Å²) >= 11 is 7.52. The molecule has 0 radical (unpaired) electrons. The monoisotopic (exact) mass is 624 g/mol. The van der Waals surface area contributed by atoms with Gasteiger partial charge in [0.25, 0.3) is 15.9 Å². The summed E-state index contributed by atoms with van der Waals surface area (Å²) in [6, 6.07) is 23.2. The van der Waals surface area contributed by atoms with Crippen molar-refractivity contribution in [3.05, 3.63) is 106 Å². The van der Waals surface area contributed by atoms with Crippen molar-refractivity contribution in [3.8, 4) is 0 Å². The van der Waals surface area contributed by atoms with E-state index < -0.39 is 22.0 Å². The maximum atomic E-state index is 13.7. The highest BCUT2D eigenvalue weighted by molar-refractivity contribution is 7.93. The summed E-state index contributed by atoms with van der Waals surface area (Å²) in [5.74, 6) is -0.846. The van der Waals surface area contributed by atoms with Crippen LogP contribution in [0.25, 0.3) is 0 Å². The molecule has 12 heteroatoms. The van der Waals surface area contributed by atoms with Crippen LogP contribution in [0.2, 0.25) is 5.02 Å². The Hall–Kier alpha value is -3.90. The molecule has 218 valence electrons. The molecular weight excluding hydrogens is 596 g/mol. The lowest BCUT2D eigenvalue weighted by atomic mass is 10.0. The third kappa shape index (κ3) is 7.29. The van der Waals surface area contributed by atoms with Crippen molar-refractivity contribution in [2.24, 2.45) is 0 Å². The number of hydrogen-bond donors (Lipinski definition) is 3. The number of ether oxygens (including phenoxy) is 1. The van der Waals surface area contributed by atoms with Gasteiger partial charge in [0.05, 0.1) is 34.5 Å². The van der Waals surface area contributed by atoms with Crippen LogP contribution in [0.15, 0.2) is 95.2 Å². The van der Waals surface area contributed by atoms with Crippen LogP contribution in [0, 0.1) is 0 Å². The maximum absolute atomic E-state index is 13.7. The second kappa shape index (κ2) is 13.4. The van der Waals surface area contributed by atoms with Crippen molar-refractivity contribution >= 4 is 61.8 Å². The van der Waals surface area contributed by atoms with Crippen molar-refractivity contribution in [1.82, 2.24) is 5.32 Å². The number of carbonyl (C=O) groups is 2. The van der Waals surface area contributed by atoms with Crippen LogP contribution in [0.5, 0.6) is 0 Å². The average molecular weight is 625 g/mol. The van der Waals surface area contributed by atoms with Crippen LogP contribution in [-0.2, 0) is 26.0 Å². The summed E-state index contributed by atoms with van der Waals surface area (Å²) in [7, 11) is -4.13. The van der Waals surface area contributed by atoms with Gasteiger partial charge in [0.15, 0.2) is 0 Å². The standard InChI is InChI=1S/C30H29ClN4O5S2/c31-23-9-4-5-10-24(23)34-42(38,39)28-20-22(12-13-26(28)35-14-16-40-17-15-35)32-29(36)25(19-21-7-2-1-3-8-21)33-30(37)27-11-6-18-41-27/h1-13,18,20,25,34H,14-17,19H2,(H,32,36)(H,33,37)/t25-/m0/s1. The first kappa shape index (κ1) is 29.6. The van der Waals surface area contributed by atoms with Gasteiger partial charge in [-0.3, -0.25) is 14.3 Å². The first-order chi connectivity index (χ1) is 20.3. The number of rotatable bonds is 10. The molecule has 42 heavy (non-hydrogen) atoms. The number of halogens is 1. The van der Waals surface area contributed by atoms with Gasteiger partial charge in [0.2, 0.25) is 5.91 Å². The van der Waals surface area contributed by atoms with Crippen LogP contribution < -0.4 is 20.3 Å². The van der Waals surface area contributed by atoms with Gasteiger partial charge in [-0.1, -0.05) is 60.1 Å². The van der Waals surface area contributed by atoms with Crippen molar-refractivity contribution in [2.45, 2.75) is 17.4 Å². The lowest BCUT2D eigenvalue weighted by Crippen LogP contribution is -2.45. The third-order valence-corrected chi connectivity index (χ3v) is 9.23. The number of anilines is 3. The minimum atomic E-state index is -4.13. The van der Waals surface area contributed by atoms with Crippen LogP contribution in [0.1, 0.15) is 15.2 Å². The Morgan fingerprint density at radius 3 is 2.40 bits per heavy atom. The van der Waals surface area contributed by atoms with Gasteiger partial charge in [-0.05, 0) is 47.3 Å². The zero-order chi connectivity index (χ0) is 29.5. The van der Waals surface area contributed by atoms with Crippen LogP contribution in [0.3, 0.4) is 0 Å². The van der Waals surface area contributed by atoms with Crippen molar-refractivity contribution in [3.63, 3.8) is 0 Å². The summed E-state index contributed by atoms with van der Waals surface area (Å²) in [4.78, 5) is 28.8. The Morgan fingerprint density at radius 1 is 0.952 bits per heavy atom. The molecule has 0 bridgehead atoms. The molecule has 2 amide bonds. The second-order valence-corrected chi connectivity index (χ2v) is 12.6. The van der Waals surface area contributed by atoms with E-state index in [1.807, 2.05) is 35.2 Å². The Bertz CT molecular complexity index is 1640. The zero-order valence-corrected chi connectivity index (χ0v) is 24.8. The molecule has 5 rings (SSSR count). The number of nitrogens with zero attached hydrogens (tertiary/aromatic N) is 1. The summed E-state index contributed by atoms with van der Waals surface area (Å²) in [6.07, 6.45) is 0.245. The van der Waals surface area contributed by atoms with Gasteiger partial charge >= 0.3 is 0 Å². The number of benzene rings is 3. The van der Waals surface area contributed by atoms with E-state index in [9.17, 15) is 18.0 Å². The number of morpholine rings is 1. The number of amides is 2. The average Bonchev–Trinajstić information content (AvgIpc) is 3.54. The molecule has 1 fully saturated rings. The lowest BCUT2D eigenvalue weighted by Gasteiger charge is -2.30. The summed E-state index contributed by atoms with van der Waals surface area (Å²) in [5.41, 5.74) is 1.84. The van der Waals surface area contributed by atoms with Gasteiger partial charge in [-0.15, -0.1) is 11.3 Å². The van der Waals surface area contributed by atoms with E-state index in [0.717, 1.165) is 5.56 Å². The highest BCUT2D eigenvalue weighted by atomic mass is 35.5. The minimum Gasteiger partial charge on any atom is -0.378 e. The molecule has 3 N–H and O–H groups in total. The number of nitrogens with one attached hydrogen (secondary N) is 3. The van der Waals surface area contributed by atoms with E-state index in [4.69, 9.17) is 16.3 Å². The van der Waals surface area contributed by atoms with Gasteiger partial charge in [0.1, 0.15) is 10.9 Å². The highest BCUT2D eigenvalue weighted by Crippen LogP contribution is 2.32. The van der Waals surface area contributed by atoms with Crippen molar-refractivity contribution in [2.75, 3.05) is 41.2 Å². The number of carbonyl (C=O) groups excluding carboxylic acids is 2. The zero-order valence-electron chi connectivity index (χ0n) is 22.5. The van der Waals surface area contributed by atoms with E-state index in [-0.39, 0.29) is 33.6 Å². The Morgan fingerprint density at radius 2 is 1.69 bits per heavy atom. The molecule has 0 unspecified atom stereocenters. The van der Waals surface area contributed by atoms with Crippen LogP contribution >= 0.6 is 22.9 Å². The highest BCUT2D eigenvalue weighted by Gasteiger charge is 2.27. The van der Waals surface area contributed by atoms with Crippen LogP contribution in [0.4, 0.5) is 17.1 Å². The molecular formula is C30H29ClN4O5S2. The predicted octanol–water partition coefficient (Wildman–Crippen LogP) is 5.02. The minimum absolute atomic E-state index is 0.0237. The molecule has 0 aliphatic carbocycles. The third-order valence-electron chi connectivity index (χ3n) is 6.64. The normalized spacial score (nSPS) is 14.2. The molecule has 0 saturated carbocycles. The number of hydrogen-bond acceptors (Lipinski definition) is 7. The van der Waals surface area contributed by atoms with E-state index in [1.54, 1.807) is 53.9 Å². The van der Waals surface area contributed by atoms with Crippen molar-refractivity contribution in [1.29, 1.82) is 0 Å². The molecule has 1 saturated heterocycles. The maximum Gasteiger partial charge on any atom is 0.264 e. The molecule has 1 aromatic heterocycles. The van der Waals surface area contributed by atoms with Crippen molar-refractivity contribution < 1.29 is 22.7 Å². The largest absolute Gasteiger partial charge is 0.378 e. The van der Waals surface area contributed by atoms with Gasteiger partial charge in [-0.25, -0.2) is 8.42 Å². The smallest absolute Gasteiger partial charge is 0.264 e. The van der Waals surface area contributed by atoms with E-state index >= 15 is 0 Å². The molecule has 1 aliphatic heterocycles. The molecule has 0 spiro atoms. The fourth-order valence-electron chi connectivity index (χ4n) is 4.54. The van der Waals surface area contributed by atoms with E-state index in [0.29, 0.717) is 36.9 Å². The Balaban J connectivity index is 1.44. The number of sulfonamides is 1. The number of thiophene rings is 1. The Kier molecular flexibility index (Phi) is 9.43. The number of para-hydroxylation sites is 1. The molecule has 9 nitrogen and oxygen atoms in total. The first-order valence-electron chi connectivity index (χ1n) is 13.2. The van der Waals surface area contributed by atoms with Gasteiger partial charge in [-0.2, -0.15) is 0 Å². The van der Waals surface area contributed by atoms with E-state index in [2.05, 4.69) is 15.4 Å². The molecule has 1 aliphatic rings. The molecule has 1 atom stereocenters. The topological polar surface area (TPSA) is 117 Å². The first-order valence-corrected chi connectivity index (χ1v) is 16.0. The van der Waals surface area contributed by atoms with Crippen LogP contribution in [-0.4, -0.2) is 52.6 Å². The summed E-state index contributed by atoms with van der Waals surface area (Å²) < 4.78 is 35.4. The quantitative estimate of drug-likeness (QED) is 0.228. The molecule has 3 aromatic carbocycles. The van der Waals surface area contributed by atoms with Gasteiger partial charge in [0, 0.05) is 25.2 Å². The summed E-state index contributed by atoms with van der Waals surface area (Å²) in [6.45, 7) is 1.94. The fraction of sp³-hybridized carbons (Fsp3) is 0.200. The predicted molar refractivity (Wildman–Crippen MR) is 166 cm³/mol. The molecule has 4 aromatic rings. The second-order valence-electron chi connectivity index (χ2n) is 9.55. The molecule has 2 heterocycles. The summed E-state index contributed by atoms with van der Waals surface area (Å²) in [5, 5.41) is 7.69. The lowest BCUT2D eigenvalue weighted by molar-refractivity contribution is -0.118. The van der Waals surface area contributed by atoms with E-state index in [1.165, 1.54) is 17.4 Å². The fourth-order valence-corrected chi connectivity index (χ4v) is 6.74. The SMILES string of the molecule is O=C(N[C@@H](Cc1ccccc1)C(=O)Nc1ccc(N2CCOCC2)c(S(=O)(=O)Nc2ccccc2Cl)c1)c1cccs1.